The van der Waals surface area contributed by atoms with E-state index in [1.54, 1.807) is 10.4 Å². The van der Waals surface area contributed by atoms with E-state index in [0.29, 0.717) is 12.0 Å². The Balaban J connectivity index is 1.59. The number of fused-ring (bicyclic) bond motifs is 1. The molecule has 1 heterocycles. The van der Waals surface area contributed by atoms with Gasteiger partial charge in [0.1, 0.15) is 0 Å². The first-order valence-corrected chi connectivity index (χ1v) is 10.0. The summed E-state index contributed by atoms with van der Waals surface area (Å²) in [6, 6.07) is 2.72. The molecule has 2 atom stereocenters. The van der Waals surface area contributed by atoms with Crippen LogP contribution in [-0.2, 0) is 6.42 Å². The second kappa shape index (κ2) is 9.63. The van der Waals surface area contributed by atoms with Crippen LogP contribution in [0.3, 0.4) is 0 Å². The molecule has 21 heavy (non-hydrogen) atoms. The molecule has 2 heteroatoms. The first-order chi connectivity index (χ1) is 10.3. The molecule has 0 radical (unpaired) electrons. The van der Waals surface area contributed by atoms with Gasteiger partial charge in [-0.15, -0.1) is 11.3 Å². The van der Waals surface area contributed by atoms with E-state index in [2.05, 4.69) is 18.4 Å². The standard InChI is InChI=1S/C19H33NS/c1-2-3-4-5-6-7-8-9-12-18(20)16-11-10-13-19-17(16)14-15-21-19/h14-16,18H,2-13,20H2,1H3. The Labute approximate surface area is 135 Å². The summed E-state index contributed by atoms with van der Waals surface area (Å²) < 4.78 is 0. The van der Waals surface area contributed by atoms with Gasteiger partial charge in [0.15, 0.2) is 0 Å². The van der Waals surface area contributed by atoms with Gasteiger partial charge in [-0.05, 0) is 42.7 Å². The molecule has 0 bridgehead atoms. The summed E-state index contributed by atoms with van der Waals surface area (Å²) in [4.78, 5) is 1.61. The van der Waals surface area contributed by atoms with Crippen molar-refractivity contribution in [2.75, 3.05) is 0 Å². The lowest BCUT2D eigenvalue weighted by atomic mass is 9.81. The van der Waals surface area contributed by atoms with E-state index in [4.69, 9.17) is 5.73 Å². The minimum Gasteiger partial charge on any atom is -0.327 e. The Kier molecular flexibility index (Phi) is 7.81. The highest BCUT2D eigenvalue weighted by Crippen LogP contribution is 2.37. The van der Waals surface area contributed by atoms with Crippen LogP contribution in [0.5, 0.6) is 0 Å². The monoisotopic (exact) mass is 307 g/mol. The molecule has 0 spiro atoms. The molecule has 2 unspecified atom stereocenters. The number of rotatable bonds is 10. The Morgan fingerprint density at radius 1 is 1.14 bits per heavy atom. The third kappa shape index (κ3) is 5.41. The fourth-order valence-corrected chi connectivity index (χ4v) is 4.68. The fourth-order valence-electron chi connectivity index (χ4n) is 3.68. The van der Waals surface area contributed by atoms with Crippen molar-refractivity contribution in [1.29, 1.82) is 0 Å². The summed E-state index contributed by atoms with van der Waals surface area (Å²) in [5.41, 5.74) is 8.09. The minimum absolute atomic E-state index is 0.388. The van der Waals surface area contributed by atoms with Crippen LogP contribution >= 0.6 is 11.3 Å². The van der Waals surface area contributed by atoms with Gasteiger partial charge in [0.25, 0.3) is 0 Å². The van der Waals surface area contributed by atoms with Gasteiger partial charge in [-0.1, -0.05) is 58.3 Å². The lowest BCUT2D eigenvalue weighted by Crippen LogP contribution is -2.30. The molecule has 1 aromatic rings. The minimum atomic E-state index is 0.388. The number of hydrogen-bond acceptors (Lipinski definition) is 2. The predicted octanol–water partition coefficient (Wildman–Crippen LogP) is 6.03. The van der Waals surface area contributed by atoms with Gasteiger partial charge < -0.3 is 5.73 Å². The van der Waals surface area contributed by atoms with Crippen LogP contribution in [-0.4, -0.2) is 6.04 Å². The molecular weight excluding hydrogens is 274 g/mol. The Hall–Kier alpha value is -0.340. The lowest BCUT2D eigenvalue weighted by Gasteiger charge is -2.28. The Morgan fingerprint density at radius 3 is 2.62 bits per heavy atom. The average molecular weight is 308 g/mol. The van der Waals surface area contributed by atoms with Crippen LogP contribution < -0.4 is 5.73 Å². The van der Waals surface area contributed by atoms with E-state index in [0.717, 1.165) is 0 Å². The molecule has 2 rings (SSSR count). The van der Waals surface area contributed by atoms with Gasteiger partial charge in [0.05, 0.1) is 0 Å². The van der Waals surface area contributed by atoms with Crippen molar-refractivity contribution in [2.24, 2.45) is 5.73 Å². The molecular formula is C19H33NS. The van der Waals surface area contributed by atoms with Crippen LogP contribution in [0.4, 0.5) is 0 Å². The molecule has 1 aromatic heterocycles. The number of hydrogen-bond donors (Lipinski definition) is 1. The van der Waals surface area contributed by atoms with E-state index in [9.17, 15) is 0 Å². The molecule has 0 aromatic carbocycles. The molecule has 1 nitrogen and oxygen atoms in total. The zero-order valence-corrected chi connectivity index (χ0v) is 14.6. The SMILES string of the molecule is CCCCCCCCCCC(N)C1CCCc2sccc21. The summed E-state index contributed by atoms with van der Waals surface area (Å²) >= 11 is 1.93. The number of aryl methyl sites for hydroxylation is 1. The molecule has 2 N–H and O–H groups in total. The normalized spacial score (nSPS) is 19.4. The smallest absolute Gasteiger partial charge is 0.0108 e. The van der Waals surface area contributed by atoms with Crippen molar-refractivity contribution >= 4 is 11.3 Å². The maximum Gasteiger partial charge on any atom is 0.0108 e. The van der Waals surface area contributed by atoms with Crippen molar-refractivity contribution in [2.45, 2.75) is 95.9 Å². The predicted molar refractivity (Wildman–Crippen MR) is 95.2 cm³/mol. The summed E-state index contributed by atoms with van der Waals surface area (Å²) in [6.07, 6.45) is 16.3. The van der Waals surface area contributed by atoms with Gasteiger partial charge in [-0.25, -0.2) is 0 Å². The molecule has 0 saturated heterocycles. The van der Waals surface area contributed by atoms with E-state index < -0.39 is 0 Å². The molecule has 0 fully saturated rings. The highest BCUT2D eigenvalue weighted by molar-refractivity contribution is 7.10. The van der Waals surface area contributed by atoms with Crippen LogP contribution in [0.15, 0.2) is 11.4 Å². The third-order valence-corrected chi connectivity index (χ3v) is 6.00. The molecule has 1 aliphatic rings. The second-order valence-corrected chi connectivity index (χ2v) is 7.73. The molecule has 1 aliphatic carbocycles. The van der Waals surface area contributed by atoms with E-state index in [1.807, 2.05) is 11.3 Å². The van der Waals surface area contributed by atoms with Crippen molar-refractivity contribution in [3.8, 4) is 0 Å². The van der Waals surface area contributed by atoms with Crippen LogP contribution in [0.2, 0.25) is 0 Å². The fraction of sp³-hybridized carbons (Fsp3) is 0.789. The largest absolute Gasteiger partial charge is 0.327 e. The topological polar surface area (TPSA) is 26.0 Å². The van der Waals surface area contributed by atoms with Crippen molar-refractivity contribution in [3.63, 3.8) is 0 Å². The second-order valence-electron chi connectivity index (χ2n) is 6.73. The number of nitrogens with two attached hydrogens (primary N) is 1. The Bertz CT molecular complexity index is 385. The first kappa shape index (κ1) is 17.0. The van der Waals surface area contributed by atoms with Gasteiger partial charge in [-0.2, -0.15) is 0 Å². The molecule has 0 amide bonds. The summed E-state index contributed by atoms with van der Waals surface area (Å²) in [5.74, 6) is 0.643. The molecule has 120 valence electrons. The third-order valence-electron chi connectivity index (χ3n) is 5.01. The highest BCUT2D eigenvalue weighted by Gasteiger charge is 2.25. The average Bonchev–Trinajstić information content (AvgIpc) is 2.98. The lowest BCUT2D eigenvalue weighted by molar-refractivity contribution is 0.426. The van der Waals surface area contributed by atoms with Gasteiger partial charge >= 0.3 is 0 Å². The van der Waals surface area contributed by atoms with E-state index in [-0.39, 0.29) is 0 Å². The number of thiophene rings is 1. The van der Waals surface area contributed by atoms with Crippen molar-refractivity contribution < 1.29 is 0 Å². The quantitative estimate of drug-likeness (QED) is 0.525. The zero-order valence-electron chi connectivity index (χ0n) is 13.8. The maximum absolute atomic E-state index is 6.51. The van der Waals surface area contributed by atoms with E-state index >= 15 is 0 Å². The van der Waals surface area contributed by atoms with Gasteiger partial charge in [0.2, 0.25) is 0 Å². The molecule has 0 saturated carbocycles. The summed E-state index contributed by atoms with van der Waals surface area (Å²) in [6.45, 7) is 2.28. The Morgan fingerprint density at radius 2 is 1.86 bits per heavy atom. The maximum atomic E-state index is 6.51. The van der Waals surface area contributed by atoms with Crippen molar-refractivity contribution in [3.05, 3.63) is 21.9 Å². The summed E-state index contributed by atoms with van der Waals surface area (Å²) in [7, 11) is 0. The zero-order chi connectivity index (χ0) is 14.9. The summed E-state index contributed by atoms with van der Waals surface area (Å²) in [5, 5.41) is 2.26. The van der Waals surface area contributed by atoms with Crippen LogP contribution in [0, 0.1) is 0 Å². The molecule has 0 aliphatic heterocycles. The first-order valence-electron chi connectivity index (χ1n) is 9.14. The van der Waals surface area contributed by atoms with Crippen molar-refractivity contribution in [1.82, 2.24) is 0 Å². The highest BCUT2D eigenvalue weighted by atomic mass is 32.1. The van der Waals surface area contributed by atoms with Crippen LogP contribution in [0.25, 0.3) is 0 Å². The number of unbranched alkanes of at least 4 members (excludes halogenated alkanes) is 7. The van der Waals surface area contributed by atoms with Crippen LogP contribution in [0.1, 0.15) is 93.9 Å². The van der Waals surface area contributed by atoms with Gasteiger partial charge in [0, 0.05) is 16.8 Å². The van der Waals surface area contributed by atoms with Gasteiger partial charge in [-0.3, -0.25) is 0 Å². The van der Waals surface area contributed by atoms with E-state index in [1.165, 1.54) is 77.0 Å².